The predicted octanol–water partition coefficient (Wildman–Crippen LogP) is 3.64. The van der Waals surface area contributed by atoms with Crippen molar-refractivity contribution in [3.8, 4) is 17.5 Å². The van der Waals surface area contributed by atoms with Crippen molar-refractivity contribution >= 4 is 17.6 Å². The van der Waals surface area contributed by atoms with Gasteiger partial charge in [0.15, 0.2) is 0 Å². The summed E-state index contributed by atoms with van der Waals surface area (Å²) in [6, 6.07) is 8.63. The highest BCUT2D eigenvalue weighted by atomic mass is 35.5. The Bertz CT molecular complexity index is 1010. The van der Waals surface area contributed by atoms with E-state index in [1.54, 1.807) is 35.2 Å². The van der Waals surface area contributed by atoms with Gasteiger partial charge in [-0.25, -0.2) is 9.78 Å². The monoisotopic (exact) mass is 351 g/mol. The summed E-state index contributed by atoms with van der Waals surface area (Å²) in [5, 5.41) is 9.89. The van der Waals surface area contributed by atoms with Crippen LogP contribution in [0.25, 0.3) is 5.69 Å². The van der Waals surface area contributed by atoms with Crippen LogP contribution in [-0.2, 0) is 0 Å². The summed E-state index contributed by atoms with van der Waals surface area (Å²) in [5.74, 6) is 4.97. The van der Waals surface area contributed by atoms with Crippen molar-refractivity contribution in [2.45, 2.75) is 13.8 Å². The summed E-state index contributed by atoms with van der Waals surface area (Å²) in [7, 11) is 0. The van der Waals surface area contributed by atoms with Crippen molar-refractivity contribution < 1.29 is 9.90 Å². The van der Waals surface area contributed by atoms with Crippen LogP contribution >= 0.6 is 11.6 Å². The van der Waals surface area contributed by atoms with E-state index in [1.807, 2.05) is 26.0 Å². The molecule has 0 saturated carbocycles. The molecule has 1 N–H and O–H groups in total. The van der Waals surface area contributed by atoms with E-state index >= 15 is 0 Å². The number of rotatable bonds is 2. The van der Waals surface area contributed by atoms with E-state index < -0.39 is 5.97 Å². The normalized spacial score (nSPS) is 10.2. The summed E-state index contributed by atoms with van der Waals surface area (Å²) < 4.78 is 1.64. The third-order valence-corrected chi connectivity index (χ3v) is 3.89. The Labute approximate surface area is 149 Å². The van der Waals surface area contributed by atoms with Gasteiger partial charge in [0, 0.05) is 28.7 Å². The first-order chi connectivity index (χ1) is 12.0. The Balaban J connectivity index is 2.10. The Kier molecular flexibility index (Phi) is 4.55. The van der Waals surface area contributed by atoms with Crippen LogP contribution in [0.1, 0.15) is 33.0 Å². The third kappa shape index (κ3) is 3.54. The van der Waals surface area contributed by atoms with Crippen LogP contribution in [0.5, 0.6) is 0 Å². The maximum absolute atomic E-state index is 11.6. The van der Waals surface area contributed by atoms with E-state index in [9.17, 15) is 9.90 Å². The number of carbonyl (C=O) groups is 1. The first-order valence-electron chi connectivity index (χ1n) is 7.48. The predicted molar refractivity (Wildman–Crippen MR) is 95.2 cm³/mol. The van der Waals surface area contributed by atoms with Gasteiger partial charge in [0.25, 0.3) is 0 Å². The van der Waals surface area contributed by atoms with Gasteiger partial charge in [0.2, 0.25) is 0 Å². The van der Waals surface area contributed by atoms with Gasteiger partial charge in [-0.2, -0.15) is 0 Å². The number of carboxylic acid groups (broad SMARTS) is 1. The summed E-state index contributed by atoms with van der Waals surface area (Å²) in [6.45, 7) is 3.71. The second-order valence-corrected chi connectivity index (χ2v) is 5.83. The number of carboxylic acids is 1. The number of halogens is 1. The molecular formula is C19H14ClN3O2. The molecule has 0 radical (unpaired) electrons. The maximum Gasteiger partial charge on any atom is 0.352 e. The van der Waals surface area contributed by atoms with Gasteiger partial charge in [-0.1, -0.05) is 23.4 Å². The maximum atomic E-state index is 11.6. The Hall–Kier alpha value is -3.10. The molecule has 0 unspecified atom stereocenters. The lowest BCUT2D eigenvalue weighted by molar-refractivity contribution is 0.0688. The quantitative estimate of drug-likeness (QED) is 0.565. The Morgan fingerprint density at radius 2 is 1.96 bits per heavy atom. The molecule has 3 aromatic rings. The zero-order chi connectivity index (χ0) is 18.0. The third-order valence-electron chi connectivity index (χ3n) is 3.69. The first-order valence-corrected chi connectivity index (χ1v) is 7.86. The fourth-order valence-corrected chi connectivity index (χ4v) is 2.61. The highest BCUT2D eigenvalue weighted by molar-refractivity contribution is 6.29. The average molecular weight is 352 g/mol. The van der Waals surface area contributed by atoms with E-state index in [0.29, 0.717) is 22.0 Å². The van der Waals surface area contributed by atoms with Gasteiger partial charge in [0.1, 0.15) is 10.8 Å². The molecule has 0 atom stereocenters. The van der Waals surface area contributed by atoms with E-state index in [4.69, 9.17) is 11.6 Å². The topological polar surface area (TPSA) is 68.0 Å². The zero-order valence-electron chi connectivity index (χ0n) is 13.6. The van der Waals surface area contributed by atoms with Crippen molar-refractivity contribution in [2.24, 2.45) is 0 Å². The molecule has 0 aliphatic rings. The van der Waals surface area contributed by atoms with Gasteiger partial charge in [-0.3, -0.25) is 4.98 Å². The van der Waals surface area contributed by atoms with Crippen molar-refractivity contribution in [3.63, 3.8) is 0 Å². The average Bonchev–Trinajstić information content (AvgIpc) is 2.91. The number of nitrogens with zero attached hydrogens (tertiary/aromatic N) is 3. The fourth-order valence-electron chi connectivity index (χ4n) is 2.44. The highest BCUT2D eigenvalue weighted by Gasteiger charge is 2.17. The SMILES string of the molecule is Cc1ccc(-n2c(C(=O)O)cc(C#Cc3ccnc(Cl)c3)c2C)cn1. The lowest BCUT2D eigenvalue weighted by Gasteiger charge is -2.09. The second kappa shape index (κ2) is 6.80. The van der Waals surface area contributed by atoms with Gasteiger partial charge in [-0.05, 0) is 44.2 Å². The van der Waals surface area contributed by atoms with E-state index in [0.717, 1.165) is 11.4 Å². The molecule has 0 spiro atoms. The zero-order valence-corrected chi connectivity index (χ0v) is 14.4. The molecular weight excluding hydrogens is 338 g/mol. The van der Waals surface area contributed by atoms with Crippen molar-refractivity contribution in [2.75, 3.05) is 0 Å². The van der Waals surface area contributed by atoms with Crippen LogP contribution in [0.4, 0.5) is 0 Å². The highest BCUT2D eigenvalue weighted by Crippen LogP contribution is 2.21. The molecule has 3 rings (SSSR count). The molecule has 124 valence electrons. The van der Waals surface area contributed by atoms with Gasteiger partial charge >= 0.3 is 5.97 Å². The molecule has 6 heteroatoms. The van der Waals surface area contributed by atoms with Crippen LogP contribution < -0.4 is 0 Å². The molecule has 0 amide bonds. The standard InChI is InChI=1S/C19H14ClN3O2/c1-12-3-6-16(11-22-12)23-13(2)15(10-17(23)19(24)25)5-4-14-7-8-21-18(20)9-14/h3,6-11H,1-2H3,(H,24,25). The number of aromatic nitrogens is 3. The van der Waals surface area contributed by atoms with E-state index in [1.165, 1.54) is 0 Å². The van der Waals surface area contributed by atoms with Crippen molar-refractivity contribution in [1.29, 1.82) is 0 Å². The minimum Gasteiger partial charge on any atom is -0.477 e. The molecule has 0 aromatic carbocycles. The smallest absolute Gasteiger partial charge is 0.352 e. The first kappa shape index (κ1) is 16.7. The van der Waals surface area contributed by atoms with Crippen molar-refractivity contribution in [3.05, 3.63) is 76.1 Å². The lowest BCUT2D eigenvalue weighted by atomic mass is 10.2. The van der Waals surface area contributed by atoms with E-state index in [-0.39, 0.29) is 5.69 Å². The Morgan fingerprint density at radius 3 is 2.60 bits per heavy atom. The number of aromatic carboxylic acids is 1. The number of pyridine rings is 2. The number of hydrogen-bond donors (Lipinski definition) is 1. The van der Waals surface area contributed by atoms with Crippen LogP contribution in [0, 0.1) is 25.7 Å². The van der Waals surface area contributed by atoms with Crippen LogP contribution in [0.15, 0.2) is 42.7 Å². The van der Waals surface area contributed by atoms with Gasteiger partial charge in [-0.15, -0.1) is 0 Å². The lowest BCUT2D eigenvalue weighted by Crippen LogP contribution is -2.08. The molecule has 3 aromatic heterocycles. The number of hydrogen-bond acceptors (Lipinski definition) is 3. The van der Waals surface area contributed by atoms with Crippen molar-refractivity contribution in [1.82, 2.24) is 14.5 Å². The molecule has 25 heavy (non-hydrogen) atoms. The summed E-state index contributed by atoms with van der Waals surface area (Å²) in [6.07, 6.45) is 3.22. The molecule has 0 aliphatic carbocycles. The minimum atomic E-state index is -1.02. The van der Waals surface area contributed by atoms with Gasteiger partial charge < -0.3 is 9.67 Å². The molecule has 3 heterocycles. The van der Waals surface area contributed by atoms with Crippen LogP contribution in [0.3, 0.4) is 0 Å². The molecule has 0 fully saturated rings. The molecule has 0 aliphatic heterocycles. The summed E-state index contributed by atoms with van der Waals surface area (Å²) >= 11 is 5.85. The number of aryl methyl sites for hydroxylation is 1. The van der Waals surface area contributed by atoms with Crippen LogP contribution in [0.2, 0.25) is 5.15 Å². The van der Waals surface area contributed by atoms with Gasteiger partial charge in [0.05, 0.1) is 11.9 Å². The van der Waals surface area contributed by atoms with Crippen LogP contribution in [-0.4, -0.2) is 25.6 Å². The summed E-state index contributed by atoms with van der Waals surface area (Å²) in [4.78, 5) is 19.8. The largest absolute Gasteiger partial charge is 0.477 e. The Morgan fingerprint density at radius 1 is 1.16 bits per heavy atom. The van der Waals surface area contributed by atoms with E-state index in [2.05, 4.69) is 21.8 Å². The molecule has 0 bridgehead atoms. The molecule has 5 nitrogen and oxygen atoms in total. The fraction of sp³-hybridized carbons (Fsp3) is 0.105. The summed E-state index contributed by atoms with van der Waals surface area (Å²) in [5.41, 5.74) is 3.75. The minimum absolute atomic E-state index is 0.139. The second-order valence-electron chi connectivity index (χ2n) is 5.44. The molecule has 0 saturated heterocycles.